The van der Waals surface area contributed by atoms with E-state index in [-0.39, 0.29) is 30.3 Å². The van der Waals surface area contributed by atoms with E-state index < -0.39 is 40.2 Å². The van der Waals surface area contributed by atoms with E-state index in [1.165, 1.54) is 35.2 Å². The van der Waals surface area contributed by atoms with E-state index in [1.807, 2.05) is 30.3 Å². The number of halogens is 2. The van der Waals surface area contributed by atoms with Crippen LogP contribution in [0.5, 0.6) is 0 Å². The number of aryl methyl sites for hydroxylation is 1. The molecule has 0 heterocycles. The maximum atomic E-state index is 14.8. The first-order valence-electron chi connectivity index (χ1n) is 12.5. The quantitative estimate of drug-likeness (QED) is 0.360. The highest BCUT2D eigenvalue weighted by molar-refractivity contribution is 7.92. The van der Waals surface area contributed by atoms with E-state index in [0.29, 0.717) is 10.6 Å². The van der Waals surface area contributed by atoms with E-state index >= 15 is 0 Å². The number of carbonyl (C=O) groups is 2. The average molecular weight is 574 g/mol. The Morgan fingerprint density at radius 1 is 1.00 bits per heavy atom. The third-order valence-corrected chi connectivity index (χ3v) is 7.47. The van der Waals surface area contributed by atoms with Crippen LogP contribution in [0.3, 0.4) is 0 Å². The third kappa shape index (κ3) is 8.28. The van der Waals surface area contributed by atoms with E-state index in [0.717, 1.165) is 16.1 Å². The van der Waals surface area contributed by atoms with Crippen molar-refractivity contribution in [1.82, 2.24) is 10.2 Å². The highest BCUT2D eigenvalue weighted by Crippen LogP contribution is 2.26. The van der Waals surface area contributed by atoms with Crippen molar-refractivity contribution in [1.29, 1.82) is 0 Å². The van der Waals surface area contributed by atoms with Gasteiger partial charge >= 0.3 is 0 Å². The molecule has 0 fully saturated rings. The summed E-state index contributed by atoms with van der Waals surface area (Å²) in [5.74, 6) is -1.61. The first-order valence-corrected chi connectivity index (χ1v) is 14.7. The molecule has 0 saturated carbocycles. The van der Waals surface area contributed by atoms with Crippen molar-refractivity contribution < 1.29 is 22.4 Å². The zero-order valence-corrected chi connectivity index (χ0v) is 24.0. The standard InChI is InChI=1S/C29H33ClFN3O4S/c1-20(2)32-29(36)27(17-22-10-6-5-7-11-22)33(18-23-12-8-9-13-25(23)31)28(35)19-34(39(4,37)38)26-15-14-24(30)16-21(26)3/h5-16,20,27H,17-19H2,1-4H3,(H,32,36)/t27-/m0/s1. The van der Waals surface area contributed by atoms with Crippen LogP contribution in [0.1, 0.15) is 30.5 Å². The molecule has 0 spiro atoms. The molecule has 39 heavy (non-hydrogen) atoms. The SMILES string of the molecule is Cc1cc(Cl)ccc1N(CC(=O)N(Cc1ccccc1F)[C@@H](Cc1ccccc1)C(=O)NC(C)C)S(C)(=O)=O. The molecule has 3 aromatic rings. The van der Waals surface area contributed by atoms with Gasteiger partial charge in [0.2, 0.25) is 21.8 Å². The Hall–Kier alpha value is -3.43. The molecule has 3 rings (SSSR count). The summed E-state index contributed by atoms with van der Waals surface area (Å²) in [5.41, 5.74) is 1.84. The van der Waals surface area contributed by atoms with Crippen molar-refractivity contribution in [2.24, 2.45) is 0 Å². The Kier molecular flexibility index (Phi) is 10.1. The number of amides is 2. The monoisotopic (exact) mass is 573 g/mol. The Morgan fingerprint density at radius 2 is 1.64 bits per heavy atom. The largest absolute Gasteiger partial charge is 0.352 e. The van der Waals surface area contributed by atoms with Gasteiger partial charge in [0.15, 0.2) is 0 Å². The molecule has 0 unspecified atom stereocenters. The molecule has 3 aromatic carbocycles. The second kappa shape index (κ2) is 13.1. The number of sulfonamides is 1. The van der Waals surface area contributed by atoms with Crippen LogP contribution in [0.25, 0.3) is 0 Å². The molecule has 1 N–H and O–H groups in total. The van der Waals surface area contributed by atoms with Gasteiger partial charge < -0.3 is 10.2 Å². The van der Waals surface area contributed by atoms with Gasteiger partial charge in [-0.3, -0.25) is 13.9 Å². The van der Waals surface area contributed by atoms with Crippen LogP contribution in [0, 0.1) is 12.7 Å². The second-order valence-corrected chi connectivity index (χ2v) is 12.0. The lowest BCUT2D eigenvalue weighted by atomic mass is 10.0. The minimum absolute atomic E-state index is 0.151. The van der Waals surface area contributed by atoms with Crippen molar-refractivity contribution in [3.8, 4) is 0 Å². The fourth-order valence-corrected chi connectivity index (χ4v) is 5.37. The highest BCUT2D eigenvalue weighted by atomic mass is 35.5. The van der Waals surface area contributed by atoms with Gasteiger partial charge in [0.05, 0.1) is 11.9 Å². The minimum Gasteiger partial charge on any atom is -0.352 e. The molecule has 0 aliphatic carbocycles. The fourth-order valence-electron chi connectivity index (χ4n) is 4.24. The Morgan fingerprint density at radius 3 is 2.23 bits per heavy atom. The summed E-state index contributed by atoms with van der Waals surface area (Å²) < 4.78 is 41.5. The van der Waals surface area contributed by atoms with Gasteiger partial charge in [-0.1, -0.05) is 60.1 Å². The zero-order chi connectivity index (χ0) is 28.7. The first-order chi connectivity index (χ1) is 18.4. The maximum absolute atomic E-state index is 14.8. The normalized spacial score (nSPS) is 12.2. The van der Waals surface area contributed by atoms with Gasteiger partial charge in [-0.25, -0.2) is 12.8 Å². The number of anilines is 1. The Bertz CT molecular complexity index is 1420. The predicted octanol–water partition coefficient (Wildman–Crippen LogP) is 4.72. The summed E-state index contributed by atoms with van der Waals surface area (Å²) in [6.07, 6.45) is 1.15. The van der Waals surface area contributed by atoms with Crippen LogP contribution in [0.15, 0.2) is 72.8 Å². The number of rotatable bonds is 11. The summed E-state index contributed by atoms with van der Waals surface area (Å²) in [7, 11) is -3.92. The summed E-state index contributed by atoms with van der Waals surface area (Å²) in [4.78, 5) is 28.7. The van der Waals surface area contributed by atoms with Gasteiger partial charge in [-0.2, -0.15) is 0 Å². The zero-order valence-electron chi connectivity index (χ0n) is 22.4. The number of hydrogen-bond donors (Lipinski definition) is 1. The summed E-state index contributed by atoms with van der Waals surface area (Å²) in [6, 6.07) is 18.6. The fraction of sp³-hybridized carbons (Fsp3) is 0.310. The molecule has 0 aliphatic rings. The topological polar surface area (TPSA) is 86.8 Å². The molecule has 7 nitrogen and oxygen atoms in total. The minimum atomic E-state index is -3.92. The van der Waals surface area contributed by atoms with Crippen LogP contribution in [-0.2, 0) is 32.6 Å². The maximum Gasteiger partial charge on any atom is 0.244 e. The lowest BCUT2D eigenvalue weighted by molar-refractivity contribution is -0.140. The Balaban J connectivity index is 2.08. The van der Waals surface area contributed by atoms with Gasteiger partial charge in [0, 0.05) is 29.6 Å². The molecule has 0 radical (unpaired) electrons. The summed E-state index contributed by atoms with van der Waals surface area (Å²) >= 11 is 6.07. The summed E-state index contributed by atoms with van der Waals surface area (Å²) in [6.45, 7) is 4.47. The number of nitrogens with one attached hydrogen (secondary N) is 1. The summed E-state index contributed by atoms with van der Waals surface area (Å²) in [5, 5.41) is 3.28. The number of benzene rings is 3. The molecule has 10 heteroatoms. The average Bonchev–Trinajstić information content (AvgIpc) is 2.85. The van der Waals surface area contributed by atoms with Gasteiger partial charge in [-0.05, 0) is 56.2 Å². The lowest BCUT2D eigenvalue weighted by Crippen LogP contribution is -2.54. The second-order valence-electron chi connectivity index (χ2n) is 9.68. The van der Waals surface area contributed by atoms with Crippen LogP contribution in [0.2, 0.25) is 5.02 Å². The van der Waals surface area contributed by atoms with Gasteiger partial charge in [0.1, 0.15) is 18.4 Å². The van der Waals surface area contributed by atoms with Crippen LogP contribution in [0.4, 0.5) is 10.1 Å². The number of nitrogens with zero attached hydrogens (tertiary/aromatic N) is 2. The number of carbonyl (C=O) groups excluding carboxylic acids is 2. The molecule has 208 valence electrons. The Labute approximate surface area is 234 Å². The van der Waals surface area contributed by atoms with Crippen molar-refractivity contribution in [2.75, 3.05) is 17.1 Å². The number of hydrogen-bond acceptors (Lipinski definition) is 4. The van der Waals surface area contributed by atoms with Crippen LogP contribution >= 0.6 is 11.6 Å². The molecule has 0 bridgehead atoms. The first kappa shape index (κ1) is 30.1. The highest BCUT2D eigenvalue weighted by Gasteiger charge is 2.34. The van der Waals surface area contributed by atoms with Crippen molar-refractivity contribution >= 4 is 39.1 Å². The van der Waals surface area contributed by atoms with E-state index in [9.17, 15) is 22.4 Å². The predicted molar refractivity (Wildman–Crippen MR) is 153 cm³/mol. The van der Waals surface area contributed by atoms with E-state index in [4.69, 9.17) is 11.6 Å². The molecule has 2 amide bonds. The van der Waals surface area contributed by atoms with Gasteiger partial charge in [-0.15, -0.1) is 0 Å². The van der Waals surface area contributed by atoms with E-state index in [1.54, 1.807) is 32.9 Å². The van der Waals surface area contributed by atoms with Crippen molar-refractivity contribution in [3.63, 3.8) is 0 Å². The smallest absolute Gasteiger partial charge is 0.244 e. The third-order valence-electron chi connectivity index (χ3n) is 6.11. The molecular formula is C29H33ClFN3O4S. The molecule has 0 saturated heterocycles. The van der Waals surface area contributed by atoms with Crippen LogP contribution in [-0.4, -0.2) is 50.0 Å². The van der Waals surface area contributed by atoms with Gasteiger partial charge in [0.25, 0.3) is 0 Å². The molecule has 0 aromatic heterocycles. The lowest BCUT2D eigenvalue weighted by Gasteiger charge is -2.34. The van der Waals surface area contributed by atoms with Crippen molar-refractivity contribution in [3.05, 3.63) is 100 Å². The molecular weight excluding hydrogens is 541 g/mol. The molecule has 0 aliphatic heterocycles. The van der Waals surface area contributed by atoms with Crippen molar-refractivity contribution in [2.45, 2.75) is 45.8 Å². The van der Waals surface area contributed by atoms with E-state index in [2.05, 4.69) is 5.32 Å². The molecule has 1 atom stereocenters. The van der Waals surface area contributed by atoms with Crippen LogP contribution < -0.4 is 9.62 Å².